The molecule has 4 unspecified atom stereocenters. The summed E-state index contributed by atoms with van der Waals surface area (Å²) >= 11 is 0.727. The smallest absolute Gasteiger partial charge is 0.691 e. The third kappa shape index (κ3) is 3.93. The fourth-order valence-corrected chi connectivity index (χ4v) is 1.69. The Bertz CT molecular complexity index is 161. The van der Waals surface area contributed by atoms with E-state index in [1.807, 2.05) is 0 Å². The van der Waals surface area contributed by atoms with E-state index in [4.69, 9.17) is 4.74 Å². The molecule has 1 heterocycles. The van der Waals surface area contributed by atoms with Crippen molar-refractivity contribution in [2.45, 2.75) is 31.3 Å². The minimum absolute atomic E-state index is 0. The van der Waals surface area contributed by atoms with E-state index < -0.39 is 24.4 Å². The summed E-state index contributed by atoms with van der Waals surface area (Å²) in [6.45, 7) is 1.66. The summed E-state index contributed by atoms with van der Waals surface area (Å²) in [6.07, 6.45) is -2.78. The van der Waals surface area contributed by atoms with Crippen LogP contribution in [0.5, 0.6) is 0 Å². The molecule has 0 aliphatic carbocycles. The van der Waals surface area contributed by atoms with E-state index in [0.717, 1.165) is 12.0 Å². The van der Waals surface area contributed by atoms with E-state index in [0.29, 0.717) is 0 Å². The molecule has 2 N–H and O–H groups in total. The van der Waals surface area contributed by atoms with Crippen LogP contribution in [-0.2, 0) is 14.1 Å². The molecular weight excluding hydrogens is 223 g/mol. The Kier molecular flexibility index (Phi) is 7.98. The van der Waals surface area contributed by atoms with Crippen molar-refractivity contribution < 1.29 is 59.1 Å². The minimum Gasteiger partial charge on any atom is -0.691 e. The van der Waals surface area contributed by atoms with Gasteiger partial charge in [0.2, 0.25) is 0 Å². The summed E-state index contributed by atoms with van der Waals surface area (Å²) < 4.78 is 9.18. The van der Waals surface area contributed by atoms with Crippen molar-refractivity contribution >= 4 is 12.0 Å². The average molecular weight is 234 g/mol. The first kappa shape index (κ1) is 15.1. The van der Waals surface area contributed by atoms with Gasteiger partial charge in [0.25, 0.3) is 0 Å². The van der Waals surface area contributed by atoms with Crippen molar-refractivity contribution in [3.8, 4) is 0 Å². The van der Waals surface area contributed by atoms with Gasteiger partial charge in [-0.05, 0) is 6.92 Å². The van der Waals surface area contributed by atoms with Crippen molar-refractivity contribution in [3.05, 3.63) is 0 Å². The van der Waals surface area contributed by atoms with Crippen molar-refractivity contribution in [3.63, 3.8) is 0 Å². The molecule has 6 nitrogen and oxygen atoms in total. The zero-order valence-electron chi connectivity index (χ0n) is 7.95. The third-order valence-electron chi connectivity index (χ3n) is 1.91. The molecule has 0 saturated carbocycles. The second-order valence-corrected chi connectivity index (χ2v) is 3.49. The van der Waals surface area contributed by atoms with Crippen LogP contribution in [0.1, 0.15) is 6.92 Å². The van der Waals surface area contributed by atoms with Crippen molar-refractivity contribution in [1.82, 2.24) is 0 Å². The third-order valence-corrected chi connectivity index (χ3v) is 2.53. The van der Waals surface area contributed by atoms with E-state index in [9.17, 15) is 15.5 Å². The van der Waals surface area contributed by atoms with Gasteiger partial charge in [-0.15, -0.1) is 0 Å². The monoisotopic (exact) mass is 234 g/mol. The van der Waals surface area contributed by atoms with Gasteiger partial charge in [-0.2, -0.15) is 4.33 Å². The SMILES string of the molecule is CC1OC(CSOO[O-])C(O)C1O.[Na+]. The molecule has 0 aromatic rings. The molecule has 0 radical (unpaired) electrons. The first-order chi connectivity index (χ1) is 6.16. The molecule has 78 valence electrons. The summed E-state index contributed by atoms with van der Waals surface area (Å²) in [5.41, 5.74) is 0. The van der Waals surface area contributed by atoms with E-state index in [1.165, 1.54) is 0 Å². The Morgan fingerprint density at radius 3 is 2.50 bits per heavy atom. The van der Waals surface area contributed by atoms with E-state index in [-0.39, 0.29) is 35.3 Å². The fraction of sp³-hybridized carbons (Fsp3) is 1.00. The first-order valence-corrected chi connectivity index (χ1v) is 4.67. The molecule has 0 aromatic carbocycles. The van der Waals surface area contributed by atoms with Crippen LogP contribution < -0.4 is 34.8 Å². The topological polar surface area (TPSA) is 91.2 Å². The van der Waals surface area contributed by atoms with Crippen LogP contribution in [0.25, 0.3) is 0 Å². The predicted molar refractivity (Wildman–Crippen MR) is 41.0 cm³/mol. The zero-order chi connectivity index (χ0) is 9.84. The van der Waals surface area contributed by atoms with Crippen molar-refractivity contribution in [1.29, 1.82) is 0 Å². The van der Waals surface area contributed by atoms with Gasteiger partial charge < -0.3 is 20.2 Å². The maximum Gasteiger partial charge on any atom is 1.00 e. The molecule has 0 spiro atoms. The van der Waals surface area contributed by atoms with Gasteiger partial charge >= 0.3 is 29.6 Å². The van der Waals surface area contributed by atoms with Crippen LogP contribution in [0.4, 0.5) is 0 Å². The van der Waals surface area contributed by atoms with Crippen LogP contribution in [0.15, 0.2) is 0 Å². The van der Waals surface area contributed by atoms with E-state index in [1.54, 1.807) is 6.92 Å². The number of rotatable bonds is 4. The molecule has 1 aliphatic rings. The van der Waals surface area contributed by atoms with Crippen molar-refractivity contribution in [2.75, 3.05) is 5.75 Å². The Hall–Kier alpha value is 1.11. The predicted octanol–water partition coefficient (Wildman–Crippen LogP) is -4.63. The van der Waals surface area contributed by atoms with Gasteiger partial charge in [-0.3, -0.25) is 5.04 Å². The number of hydrogen-bond donors (Lipinski definition) is 2. The molecule has 4 atom stereocenters. The molecule has 14 heavy (non-hydrogen) atoms. The number of aliphatic hydroxyl groups is 2. The summed E-state index contributed by atoms with van der Waals surface area (Å²) in [6, 6.07) is 0. The van der Waals surface area contributed by atoms with Crippen LogP contribution in [0, 0.1) is 0 Å². The Morgan fingerprint density at radius 1 is 1.43 bits per heavy atom. The molecular formula is C6H11NaO6S. The molecule has 8 heteroatoms. The standard InChI is InChI=1S/C6H12O6S.Na/c1-3-5(7)6(8)4(10-3)2-13-12-11-9;/h3-9H,2H2,1H3;/q;+1/p-1. The molecule has 1 saturated heterocycles. The van der Waals surface area contributed by atoms with Gasteiger partial charge in [-0.1, -0.05) is 0 Å². The van der Waals surface area contributed by atoms with Gasteiger partial charge in [0.05, 0.1) is 18.0 Å². The van der Waals surface area contributed by atoms with Crippen molar-refractivity contribution in [2.24, 2.45) is 0 Å². The number of aliphatic hydroxyl groups excluding tert-OH is 2. The number of hydrogen-bond acceptors (Lipinski definition) is 7. The van der Waals surface area contributed by atoms with E-state index >= 15 is 0 Å². The van der Waals surface area contributed by atoms with Gasteiger partial charge in [0, 0.05) is 12.0 Å². The first-order valence-electron chi connectivity index (χ1n) is 3.76. The second-order valence-electron chi connectivity index (χ2n) is 2.78. The molecule has 0 bridgehead atoms. The Balaban J connectivity index is 0.00000169. The normalized spacial score (nSPS) is 36.9. The van der Waals surface area contributed by atoms with Crippen LogP contribution >= 0.6 is 12.0 Å². The Morgan fingerprint density at radius 2 is 2.07 bits per heavy atom. The number of ether oxygens (including phenoxy) is 1. The maximum absolute atomic E-state index is 9.42. The van der Waals surface area contributed by atoms with Gasteiger partial charge in [0.15, 0.2) is 0 Å². The summed E-state index contributed by atoms with van der Waals surface area (Å²) in [5.74, 6) is 0.227. The summed E-state index contributed by atoms with van der Waals surface area (Å²) in [5, 5.41) is 31.2. The Labute approximate surface area is 108 Å². The van der Waals surface area contributed by atoms with Crippen LogP contribution in [0.2, 0.25) is 0 Å². The molecule has 1 rings (SSSR count). The van der Waals surface area contributed by atoms with E-state index in [2.05, 4.69) is 9.37 Å². The van der Waals surface area contributed by atoms with Crippen LogP contribution in [-0.4, -0.2) is 40.4 Å². The largest absolute Gasteiger partial charge is 1.00 e. The summed E-state index contributed by atoms with van der Waals surface area (Å²) in [4.78, 5) is 0. The quantitative estimate of drug-likeness (QED) is 0.166. The van der Waals surface area contributed by atoms with Gasteiger partial charge in [-0.25, -0.2) is 0 Å². The molecule has 0 aromatic heterocycles. The molecule has 1 fully saturated rings. The minimum atomic E-state index is -0.947. The maximum atomic E-state index is 9.42. The zero-order valence-corrected chi connectivity index (χ0v) is 10.8. The fourth-order valence-electron chi connectivity index (χ4n) is 1.19. The van der Waals surface area contributed by atoms with Gasteiger partial charge in [0.1, 0.15) is 12.2 Å². The molecule has 0 amide bonds. The summed E-state index contributed by atoms with van der Waals surface area (Å²) in [7, 11) is 0. The van der Waals surface area contributed by atoms with Crippen LogP contribution in [0.3, 0.4) is 0 Å². The molecule has 1 aliphatic heterocycles. The second kappa shape index (κ2) is 7.39. The average Bonchev–Trinajstić information content (AvgIpc) is 2.34.